The Bertz CT molecular complexity index is 772. The molecule has 32 heavy (non-hydrogen) atoms. The molecule has 0 aliphatic rings. The zero-order chi connectivity index (χ0) is 22.7. The van der Waals surface area contributed by atoms with E-state index in [1.807, 2.05) is 44.9 Å². The van der Waals surface area contributed by atoms with Gasteiger partial charge < -0.3 is 9.84 Å². The highest BCUT2D eigenvalue weighted by Crippen LogP contribution is 2.24. The van der Waals surface area contributed by atoms with Crippen molar-refractivity contribution < 1.29 is 14.6 Å². The number of aryl methyl sites for hydroxylation is 2. The Morgan fingerprint density at radius 2 is 1.50 bits per heavy atom. The molecule has 2 rings (SSSR count). The topological polar surface area (TPSA) is 49.8 Å². The fourth-order valence-corrected chi connectivity index (χ4v) is 4.08. The van der Waals surface area contributed by atoms with Crippen molar-refractivity contribution in [3.8, 4) is 5.75 Å². The number of benzene rings is 2. The van der Waals surface area contributed by atoms with Crippen LogP contribution in [0, 0.1) is 5.41 Å². The Morgan fingerprint density at radius 3 is 2.09 bits per heavy atom. The average Bonchev–Trinajstić information content (AvgIpc) is 2.71. The third-order valence-corrected chi connectivity index (χ3v) is 5.62. The van der Waals surface area contributed by atoms with Gasteiger partial charge in [-0.15, -0.1) is 12.4 Å². The van der Waals surface area contributed by atoms with Crippen molar-refractivity contribution in [2.45, 2.75) is 65.3 Å². The predicted molar refractivity (Wildman–Crippen MR) is 135 cm³/mol. The van der Waals surface area contributed by atoms with Crippen LogP contribution in [0.2, 0.25) is 0 Å². The van der Waals surface area contributed by atoms with Crippen molar-refractivity contribution in [3.63, 3.8) is 0 Å². The zero-order valence-corrected chi connectivity index (χ0v) is 20.9. The molecule has 0 heterocycles. The zero-order valence-electron chi connectivity index (χ0n) is 20.0. The average molecular weight is 462 g/mol. The molecule has 0 radical (unpaired) electrons. The number of hydrogen-bond donors (Lipinski definition) is 1. The number of hydrogen-bond acceptors (Lipinski definition) is 3. The Morgan fingerprint density at radius 1 is 0.906 bits per heavy atom. The Hall–Kier alpha value is -2.04. The summed E-state index contributed by atoms with van der Waals surface area (Å²) in [5.41, 5.74) is 2.37. The SMILES string of the molecule is CN(CCCc1ccc(OCCCCCc2ccccc2)cc1)C(C(=O)O)C(C)(C)C.Cl. The van der Waals surface area contributed by atoms with E-state index >= 15 is 0 Å². The smallest absolute Gasteiger partial charge is 0.321 e. The van der Waals surface area contributed by atoms with E-state index in [-0.39, 0.29) is 17.8 Å². The molecule has 178 valence electrons. The Balaban J connectivity index is 0.00000512. The van der Waals surface area contributed by atoms with Gasteiger partial charge in [0.25, 0.3) is 0 Å². The Kier molecular flexibility index (Phi) is 12.4. The van der Waals surface area contributed by atoms with Crippen LogP contribution < -0.4 is 4.74 Å². The monoisotopic (exact) mass is 461 g/mol. The summed E-state index contributed by atoms with van der Waals surface area (Å²) in [4.78, 5) is 13.6. The predicted octanol–water partition coefficient (Wildman–Crippen LogP) is 6.26. The van der Waals surface area contributed by atoms with Gasteiger partial charge in [0.15, 0.2) is 0 Å². The molecule has 2 aromatic rings. The summed E-state index contributed by atoms with van der Waals surface area (Å²) in [5, 5.41) is 9.54. The van der Waals surface area contributed by atoms with Crippen molar-refractivity contribution in [2.24, 2.45) is 5.41 Å². The second-order valence-corrected chi connectivity index (χ2v) is 9.48. The summed E-state index contributed by atoms with van der Waals surface area (Å²) in [6.45, 7) is 7.44. The van der Waals surface area contributed by atoms with E-state index < -0.39 is 12.0 Å². The van der Waals surface area contributed by atoms with Crippen molar-refractivity contribution in [1.82, 2.24) is 4.90 Å². The fourth-order valence-electron chi connectivity index (χ4n) is 4.08. The quantitative estimate of drug-likeness (QED) is 0.357. The van der Waals surface area contributed by atoms with Gasteiger partial charge >= 0.3 is 5.97 Å². The van der Waals surface area contributed by atoms with Gasteiger partial charge in [0.2, 0.25) is 0 Å². The van der Waals surface area contributed by atoms with Gasteiger partial charge in [0, 0.05) is 0 Å². The van der Waals surface area contributed by atoms with E-state index in [4.69, 9.17) is 4.74 Å². The van der Waals surface area contributed by atoms with E-state index in [9.17, 15) is 9.90 Å². The number of aliphatic carboxylic acids is 1. The summed E-state index contributed by atoms with van der Waals surface area (Å²) < 4.78 is 5.88. The number of rotatable bonds is 13. The van der Waals surface area contributed by atoms with Gasteiger partial charge in [0.05, 0.1) is 6.61 Å². The molecular formula is C27H40ClNO3. The van der Waals surface area contributed by atoms with Crippen molar-refractivity contribution in [2.75, 3.05) is 20.2 Å². The molecule has 0 saturated heterocycles. The van der Waals surface area contributed by atoms with Crippen LogP contribution >= 0.6 is 12.4 Å². The third-order valence-electron chi connectivity index (χ3n) is 5.62. The van der Waals surface area contributed by atoms with Gasteiger partial charge in [-0.05, 0) is 80.8 Å². The maximum absolute atomic E-state index is 11.6. The lowest BCUT2D eigenvalue weighted by molar-refractivity contribution is -0.146. The van der Waals surface area contributed by atoms with Gasteiger partial charge in [0.1, 0.15) is 11.8 Å². The maximum Gasteiger partial charge on any atom is 0.321 e. The Labute approximate surface area is 200 Å². The number of ether oxygens (including phenoxy) is 1. The highest BCUT2D eigenvalue weighted by atomic mass is 35.5. The molecule has 0 amide bonds. The second-order valence-electron chi connectivity index (χ2n) is 9.48. The number of carboxylic acid groups (broad SMARTS) is 1. The van der Waals surface area contributed by atoms with Crippen LogP contribution in [0.15, 0.2) is 54.6 Å². The molecule has 0 aliphatic heterocycles. The minimum atomic E-state index is -0.753. The summed E-state index contributed by atoms with van der Waals surface area (Å²) in [6, 6.07) is 18.5. The molecular weight excluding hydrogens is 422 g/mol. The molecule has 0 saturated carbocycles. The fraction of sp³-hybridized carbons (Fsp3) is 0.519. The van der Waals surface area contributed by atoms with E-state index in [1.165, 1.54) is 24.0 Å². The first kappa shape index (κ1) is 28.0. The third kappa shape index (κ3) is 10.1. The molecule has 1 unspecified atom stereocenters. The number of carbonyl (C=O) groups is 1. The first-order chi connectivity index (χ1) is 14.8. The van der Waals surface area contributed by atoms with Crippen LogP contribution in [-0.4, -0.2) is 42.2 Å². The van der Waals surface area contributed by atoms with E-state index in [0.29, 0.717) is 0 Å². The molecule has 2 aromatic carbocycles. The van der Waals surface area contributed by atoms with Crippen molar-refractivity contribution >= 4 is 18.4 Å². The lowest BCUT2D eigenvalue weighted by Gasteiger charge is -2.34. The van der Waals surface area contributed by atoms with Crippen LogP contribution in [0.25, 0.3) is 0 Å². The lowest BCUT2D eigenvalue weighted by Crippen LogP contribution is -2.47. The number of halogens is 1. The van der Waals surface area contributed by atoms with Gasteiger partial charge in [-0.25, -0.2) is 0 Å². The standard InChI is InChI=1S/C27H39NO3.ClH/c1-27(2,3)25(26(29)30)28(4)20-11-15-23-16-18-24(19-17-23)31-21-10-6-9-14-22-12-7-5-8-13-22;/h5,7-8,12-13,16-19,25H,6,9-11,14-15,20-21H2,1-4H3,(H,29,30);1H. The molecule has 0 fully saturated rings. The number of carboxylic acids is 1. The molecule has 5 heteroatoms. The molecule has 0 bridgehead atoms. The summed E-state index contributed by atoms with van der Waals surface area (Å²) in [7, 11) is 1.90. The minimum Gasteiger partial charge on any atom is -0.494 e. The summed E-state index contributed by atoms with van der Waals surface area (Å²) in [6.07, 6.45) is 6.43. The van der Waals surface area contributed by atoms with Crippen LogP contribution in [0.5, 0.6) is 5.75 Å². The molecule has 4 nitrogen and oxygen atoms in total. The molecule has 0 aromatic heterocycles. The van der Waals surface area contributed by atoms with Crippen molar-refractivity contribution in [3.05, 3.63) is 65.7 Å². The lowest BCUT2D eigenvalue weighted by atomic mass is 9.85. The molecule has 1 N–H and O–H groups in total. The summed E-state index contributed by atoms with van der Waals surface area (Å²) in [5.74, 6) is 0.166. The number of unbranched alkanes of at least 4 members (excludes halogenated alkanes) is 2. The minimum absolute atomic E-state index is 0. The van der Waals surface area contributed by atoms with Gasteiger partial charge in [-0.1, -0.05) is 63.2 Å². The highest BCUT2D eigenvalue weighted by molar-refractivity contribution is 5.85. The second kappa shape index (κ2) is 14.2. The van der Waals surface area contributed by atoms with Crippen molar-refractivity contribution in [1.29, 1.82) is 0 Å². The van der Waals surface area contributed by atoms with Crippen LogP contribution in [0.4, 0.5) is 0 Å². The van der Waals surface area contributed by atoms with E-state index in [1.54, 1.807) is 0 Å². The number of nitrogens with zero attached hydrogens (tertiary/aromatic N) is 1. The first-order valence-corrected chi connectivity index (χ1v) is 11.5. The molecule has 1 atom stereocenters. The van der Waals surface area contributed by atoms with Crippen LogP contribution in [-0.2, 0) is 17.6 Å². The first-order valence-electron chi connectivity index (χ1n) is 11.5. The number of likely N-dealkylation sites (N-methyl/N-ethyl adjacent to an activating group) is 1. The maximum atomic E-state index is 11.6. The van der Waals surface area contributed by atoms with Gasteiger partial charge in [-0.2, -0.15) is 0 Å². The van der Waals surface area contributed by atoms with E-state index in [0.717, 1.165) is 44.6 Å². The van der Waals surface area contributed by atoms with E-state index in [2.05, 4.69) is 42.5 Å². The van der Waals surface area contributed by atoms with Crippen LogP contribution in [0.1, 0.15) is 57.6 Å². The largest absolute Gasteiger partial charge is 0.494 e. The normalized spacial score (nSPS) is 12.3. The van der Waals surface area contributed by atoms with Gasteiger partial charge in [-0.3, -0.25) is 9.69 Å². The molecule has 0 spiro atoms. The van der Waals surface area contributed by atoms with Crippen LogP contribution in [0.3, 0.4) is 0 Å². The molecule has 0 aliphatic carbocycles. The summed E-state index contributed by atoms with van der Waals surface area (Å²) >= 11 is 0. The highest BCUT2D eigenvalue weighted by Gasteiger charge is 2.34.